The molecule has 1 amide bonds. The summed E-state index contributed by atoms with van der Waals surface area (Å²) in [4.78, 5) is 16.2. The van der Waals surface area contributed by atoms with Crippen molar-refractivity contribution in [3.05, 3.63) is 40.4 Å². The molecule has 0 bridgehead atoms. The molecule has 1 heterocycles. The first-order chi connectivity index (χ1) is 11.2. The highest BCUT2D eigenvalue weighted by atomic mass is 32.2. The standard InChI is InChI=1S/C15H15F3N2O2S2/c1-9-12(6-13(19)21)24-14(20-9)23-7-10-3-2-4-11(5-10)22-8-15(16,17)18/h2-5H,6-8H2,1H3,(H2,19,21). The smallest absolute Gasteiger partial charge is 0.422 e. The van der Waals surface area contributed by atoms with Gasteiger partial charge < -0.3 is 10.5 Å². The quantitative estimate of drug-likeness (QED) is 0.748. The zero-order chi connectivity index (χ0) is 17.7. The molecule has 4 nitrogen and oxygen atoms in total. The number of hydrogen-bond acceptors (Lipinski definition) is 5. The van der Waals surface area contributed by atoms with Gasteiger partial charge in [-0.15, -0.1) is 11.3 Å². The molecule has 0 aliphatic carbocycles. The van der Waals surface area contributed by atoms with Crippen molar-refractivity contribution in [2.24, 2.45) is 5.73 Å². The molecule has 2 aromatic rings. The topological polar surface area (TPSA) is 65.2 Å². The van der Waals surface area contributed by atoms with E-state index in [0.717, 1.165) is 20.5 Å². The van der Waals surface area contributed by atoms with Crippen LogP contribution in [0.25, 0.3) is 0 Å². The summed E-state index contributed by atoms with van der Waals surface area (Å²) in [7, 11) is 0. The SMILES string of the molecule is Cc1nc(SCc2cccc(OCC(F)(F)F)c2)sc1CC(N)=O. The Morgan fingerprint density at radius 3 is 2.83 bits per heavy atom. The molecule has 0 spiro atoms. The normalized spacial score (nSPS) is 11.5. The molecule has 0 fully saturated rings. The van der Waals surface area contributed by atoms with Gasteiger partial charge in [0.1, 0.15) is 5.75 Å². The molecule has 0 unspecified atom stereocenters. The number of carbonyl (C=O) groups excluding carboxylic acids is 1. The van der Waals surface area contributed by atoms with Gasteiger partial charge in [-0.3, -0.25) is 4.79 Å². The van der Waals surface area contributed by atoms with E-state index in [1.54, 1.807) is 18.2 Å². The number of hydrogen-bond donors (Lipinski definition) is 1. The van der Waals surface area contributed by atoms with Gasteiger partial charge in [-0.2, -0.15) is 13.2 Å². The molecular weight excluding hydrogens is 361 g/mol. The zero-order valence-electron chi connectivity index (χ0n) is 12.7. The monoisotopic (exact) mass is 376 g/mol. The highest BCUT2D eigenvalue weighted by molar-refractivity contribution is 8.00. The molecule has 9 heteroatoms. The molecule has 2 N–H and O–H groups in total. The van der Waals surface area contributed by atoms with Crippen LogP contribution in [-0.2, 0) is 17.0 Å². The third kappa shape index (κ3) is 6.04. The lowest BCUT2D eigenvalue weighted by atomic mass is 10.2. The summed E-state index contributed by atoms with van der Waals surface area (Å²) in [5.74, 6) is 0.301. The second-order valence-electron chi connectivity index (χ2n) is 4.97. The summed E-state index contributed by atoms with van der Waals surface area (Å²) in [5.41, 5.74) is 6.77. The number of nitrogens with two attached hydrogens (primary N) is 1. The number of alkyl halides is 3. The van der Waals surface area contributed by atoms with Gasteiger partial charge in [0.15, 0.2) is 10.9 Å². The fraction of sp³-hybridized carbons (Fsp3) is 0.333. The van der Waals surface area contributed by atoms with Crippen LogP contribution in [0.2, 0.25) is 0 Å². The van der Waals surface area contributed by atoms with Crippen molar-refractivity contribution in [1.29, 1.82) is 0 Å². The van der Waals surface area contributed by atoms with Gasteiger partial charge in [-0.1, -0.05) is 23.9 Å². The Morgan fingerprint density at radius 1 is 1.42 bits per heavy atom. The fourth-order valence-corrected chi connectivity index (χ4v) is 4.01. The third-order valence-corrected chi connectivity index (χ3v) is 5.24. The van der Waals surface area contributed by atoms with Gasteiger partial charge in [0.25, 0.3) is 0 Å². The van der Waals surface area contributed by atoms with Crippen molar-refractivity contribution in [2.75, 3.05) is 6.61 Å². The Labute approximate surface area is 145 Å². The van der Waals surface area contributed by atoms with Crippen LogP contribution in [0, 0.1) is 6.92 Å². The van der Waals surface area contributed by atoms with Gasteiger partial charge in [0.2, 0.25) is 5.91 Å². The summed E-state index contributed by atoms with van der Waals surface area (Å²) < 4.78 is 42.0. The molecule has 24 heavy (non-hydrogen) atoms. The van der Waals surface area contributed by atoms with Gasteiger partial charge in [0.05, 0.1) is 12.1 Å². The van der Waals surface area contributed by atoms with Crippen molar-refractivity contribution in [3.63, 3.8) is 0 Å². The first-order valence-electron chi connectivity index (χ1n) is 6.89. The van der Waals surface area contributed by atoms with Crippen molar-refractivity contribution in [1.82, 2.24) is 4.98 Å². The average Bonchev–Trinajstić information content (AvgIpc) is 2.82. The van der Waals surface area contributed by atoms with Gasteiger partial charge in [-0.05, 0) is 24.6 Å². The second-order valence-corrected chi connectivity index (χ2v) is 7.28. The lowest BCUT2D eigenvalue weighted by molar-refractivity contribution is -0.153. The molecule has 0 radical (unpaired) electrons. The summed E-state index contributed by atoms with van der Waals surface area (Å²) in [6.07, 6.45) is -4.20. The summed E-state index contributed by atoms with van der Waals surface area (Å²) in [5, 5.41) is 0. The maximum Gasteiger partial charge on any atom is 0.422 e. The van der Waals surface area contributed by atoms with Crippen molar-refractivity contribution < 1.29 is 22.7 Å². The molecule has 0 saturated heterocycles. The van der Waals surface area contributed by atoms with Crippen LogP contribution in [0.3, 0.4) is 0 Å². The lowest BCUT2D eigenvalue weighted by Gasteiger charge is -2.10. The number of nitrogens with zero attached hydrogens (tertiary/aromatic N) is 1. The molecule has 1 aromatic carbocycles. The van der Waals surface area contributed by atoms with E-state index < -0.39 is 18.7 Å². The molecule has 2 rings (SSSR count). The fourth-order valence-electron chi connectivity index (χ4n) is 1.82. The van der Waals surface area contributed by atoms with Crippen LogP contribution in [0.15, 0.2) is 28.6 Å². The first kappa shape index (κ1) is 18.6. The average molecular weight is 376 g/mol. The van der Waals surface area contributed by atoms with Crippen LogP contribution in [0.1, 0.15) is 16.1 Å². The molecule has 0 aliphatic rings. The number of rotatable bonds is 7. The number of halogens is 3. The first-order valence-corrected chi connectivity index (χ1v) is 8.69. The van der Waals surface area contributed by atoms with Gasteiger partial charge in [0, 0.05) is 10.6 Å². The minimum Gasteiger partial charge on any atom is -0.484 e. The van der Waals surface area contributed by atoms with E-state index in [9.17, 15) is 18.0 Å². The molecule has 0 saturated carbocycles. The number of carbonyl (C=O) groups is 1. The predicted molar refractivity (Wildman–Crippen MR) is 87.3 cm³/mol. The zero-order valence-corrected chi connectivity index (χ0v) is 14.4. The third-order valence-electron chi connectivity index (χ3n) is 2.87. The minimum atomic E-state index is -4.36. The lowest BCUT2D eigenvalue weighted by Crippen LogP contribution is -2.19. The molecular formula is C15H15F3N2O2S2. The summed E-state index contributed by atoms with van der Waals surface area (Å²) in [6.45, 7) is 0.496. The number of aromatic nitrogens is 1. The largest absolute Gasteiger partial charge is 0.484 e. The van der Waals surface area contributed by atoms with Crippen molar-refractivity contribution in [2.45, 2.75) is 29.6 Å². The van der Waals surface area contributed by atoms with E-state index >= 15 is 0 Å². The van der Waals surface area contributed by atoms with Crippen LogP contribution < -0.4 is 10.5 Å². The molecule has 130 valence electrons. The minimum absolute atomic E-state index is 0.158. The Morgan fingerprint density at radius 2 is 2.17 bits per heavy atom. The highest BCUT2D eigenvalue weighted by Gasteiger charge is 2.28. The van der Waals surface area contributed by atoms with Gasteiger partial charge in [-0.25, -0.2) is 4.98 Å². The van der Waals surface area contributed by atoms with Crippen LogP contribution in [0.5, 0.6) is 5.75 Å². The Bertz CT molecular complexity index is 717. The Kier molecular flexibility index (Phi) is 6.11. The maximum absolute atomic E-state index is 12.2. The predicted octanol–water partition coefficient (Wildman–Crippen LogP) is 3.71. The van der Waals surface area contributed by atoms with E-state index in [0.29, 0.717) is 5.75 Å². The van der Waals surface area contributed by atoms with E-state index in [1.165, 1.54) is 29.2 Å². The molecule has 0 atom stereocenters. The summed E-state index contributed by atoms with van der Waals surface area (Å²) in [6, 6.07) is 6.51. The van der Waals surface area contributed by atoms with Crippen LogP contribution in [-0.4, -0.2) is 23.7 Å². The Hall–Kier alpha value is -1.74. The summed E-state index contributed by atoms with van der Waals surface area (Å²) >= 11 is 2.84. The number of amides is 1. The molecule has 0 aliphatic heterocycles. The number of benzene rings is 1. The van der Waals surface area contributed by atoms with Crippen LogP contribution >= 0.6 is 23.1 Å². The van der Waals surface area contributed by atoms with Gasteiger partial charge >= 0.3 is 6.18 Å². The van der Waals surface area contributed by atoms with Crippen LogP contribution in [0.4, 0.5) is 13.2 Å². The number of thiazole rings is 1. The highest BCUT2D eigenvalue weighted by Crippen LogP contribution is 2.30. The van der Waals surface area contributed by atoms with Crippen molar-refractivity contribution in [3.8, 4) is 5.75 Å². The number of thioether (sulfide) groups is 1. The maximum atomic E-state index is 12.2. The number of aryl methyl sites for hydroxylation is 1. The second kappa shape index (κ2) is 7.89. The number of ether oxygens (including phenoxy) is 1. The van der Waals surface area contributed by atoms with E-state index in [4.69, 9.17) is 10.5 Å². The van der Waals surface area contributed by atoms with E-state index in [-0.39, 0.29) is 12.2 Å². The Balaban J connectivity index is 1.96. The van der Waals surface area contributed by atoms with E-state index in [2.05, 4.69) is 4.98 Å². The molecule has 1 aromatic heterocycles. The van der Waals surface area contributed by atoms with E-state index in [1.807, 2.05) is 6.92 Å². The van der Waals surface area contributed by atoms with Crippen molar-refractivity contribution >= 4 is 29.0 Å². The number of primary amides is 1.